The molecule has 44 valence electrons. The maximum atomic E-state index is 9.71. The van der Waals surface area contributed by atoms with Gasteiger partial charge in [-0.15, -0.1) is 12.4 Å². The molecule has 0 heterocycles. The Balaban J connectivity index is 0. The summed E-state index contributed by atoms with van der Waals surface area (Å²) >= 11 is 0. The van der Waals surface area contributed by atoms with E-state index in [4.69, 9.17) is 5.41 Å². The van der Waals surface area contributed by atoms with Crippen LogP contribution in [-0.2, 0) is 0 Å². The molecule has 0 saturated heterocycles. The van der Waals surface area contributed by atoms with Crippen molar-refractivity contribution in [3.63, 3.8) is 0 Å². The summed E-state index contributed by atoms with van der Waals surface area (Å²) in [5, 5.41) is 16.0. The van der Waals surface area contributed by atoms with E-state index in [0.717, 1.165) is 6.42 Å². The smallest absolute Gasteiger partial charge is 0.0257 e. The standard InChI is InChI=1S/C4H9NO.ClH/c1-2-3-4(5)6;/h2-3H2,1H3,(H2,5,6);1H/p-1. The zero-order valence-corrected chi connectivity index (χ0v) is 5.05. The molecule has 0 atom stereocenters. The van der Waals surface area contributed by atoms with Gasteiger partial charge in [-0.2, -0.15) is 0 Å². The van der Waals surface area contributed by atoms with Crippen molar-refractivity contribution in [2.45, 2.75) is 19.8 Å². The van der Waals surface area contributed by atoms with Crippen molar-refractivity contribution in [3.8, 4) is 0 Å². The molecule has 0 aliphatic carbocycles. The summed E-state index contributed by atoms with van der Waals surface area (Å²) in [6.45, 7) is 1.88. The lowest BCUT2D eigenvalue weighted by Gasteiger charge is -2.00. The Morgan fingerprint density at radius 3 is 2.14 bits per heavy atom. The molecular formula is C4H9ClNO-. The van der Waals surface area contributed by atoms with Crippen LogP contribution in [0, 0.1) is 5.41 Å². The number of hydrogen-bond donors (Lipinski definition) is 1. The zero-order chi connectivity index (χ0) is 4.99. The van der Waals surface area contributed by atoms with Gasteiger partial charge in [0.2, 0.25) is 0 Å². The Kier molecular flexibility index (Phi) is 8.15. The Bertz CT molecular complexity index is 55.7. The van der Waals surface area contributed by atoms with E-state index in [1.165, 1.54) is 0 Å². The number of hydrogen-bond acceptors (Lipinski definition) is 2. The zero-order valence-electron chi connectivity index (χ0n) is 4.23. The van der Waals surface area contributed by atoms with Gasteiger partial charge in [0.05, 0.1) is 0 Å². The van der Waals surface area contributed by atoms with Gasteiger partial charge in [0.25, 0.3) is 0 Å². The highest BCUT2D eigenvalue weighted by Crippen LogP contribution is 1.80. The summed E-state index contributed by atoms with van der Waals surface area (Å²) in [6.07, 6.45) is 1.20. The molecule has 3 heteroatoms. The normalized spacial score (nSPS) is 7.00. The molecule has 1 N–H and O–H groups in total. The first-order chi connectivity index (χ1) is 2.77. The van der Waals surface area contributed by atoms with Crippen molar-refractivity contribution in [1.82, 2.24) is 0 Å². The van der Waals surface area contributed by atoms with Gasteiger partial charge in [0.15, 0.2) is 0 Å². The van der Waals surface area contributed by atoms with Gasteiger partial charge in [0, 0.05) is 0 Å². The van der Waals surface area contributed by atoms with E-state index >= 15 is 0 Å². The van der Waals surface area contributed by atoms with E-state index in [1.54, 1.807) is 0 Å². The SMILES string of the molecule is CCCC(=N)[O-].Cl. The minimum absolute atomic E-state index is 0. The van der Waals surface area contributed by atoms with Crippen LogP contribution in [0.25, 0.3) is 0 Å². The summed E-state index contributed by atoms with van der Waals surface area (Å²) in [6, 6.07) is 0. The van der Waals surface area contributed by atoms with Gasteiger partial charge >= 0.3 is 0 Å². The molecule has 0 aliphatic rings. The molecule has 0 radical (unpaired) electrons. The van der Waals surface area contributed by atoms with Crippen molar-refractivity contribution < 1.29 is 5.11 Å². The molecule has 0 aromatic rings. The fourth-order valence-corrected chi connectivity index (χ4v) is 0.227. The molecule has 0 rings (SSSR count). The van der Waals surface area contributed by atoms with Crippen LogP contribution in [0.5, 0.6) is 0 Å². The molecule has 0 saturated carbocycles. The van der Waals surface area contributed by atoms with Crippen LogP contribution in [0.2, 0.25) is 0 Å². The highest BCUT2D eigenvalue weighted by atomic mass is 35.5. The molecule has 0 spiro atoms. The van der Waals surface area contributed by atoms with E-state index < -0.39 is 5.90 Å². The maximum absolute atomic E-state index is 9.71. The summed E-state index contributed by atoms with van der Waals surface area (Å²) in [4.78, 5) is 0. The third-order valence-corrected chi connectivity index (χ3v) is 0.477. The molecule has 0 aliphatic heterocycles. The Morgan fingerprint density at radius 2 is 2.14 bits per heavy atom. The minimum Gasteiger partial charge on any atom is -0.862 e. The number of rotatable bonds is 2. The number of halogens is 1. The highest BCUT2D eigenvalue weighted by molar-refractivity contribution is 5.85. The van der Waals surface area contributed by atoms with Gasteiger partial charge in [-0.25, -0.2) is 0 Å². The van der Waals surface area contributed by atoms with E-state index in [9.17, 15) is 5.11 Å². The first-order valence-corrected chi connectivity index (χ1v) is 2.01. The average Bonchev–Trinajstić information content (AvgIpc) is 1.35. The van der Waals surface area contributed by atoms with Crippen LogP contribution in [-0.4, -0.2) is 5.90 Å². The Labute approximate surface area is 49.5 Å². The van der Waals surface area contributed by atoms with Gasteiger partial charge < -0.3 is 10.5 Å². The maximum Gasteiger partial charge on any atom is -0.0257 e. The van der Waals surface area contributed by atoms with E-state index in [2.05, 4.69) is 0 Å². The minimum atomic E-state index is -0.461. The van der Waals surface area contributed by atoms with Gasteiger partial charge in [0.1, 0.15) is 0 Å². The first-order valence-electron chi connectivity index (χ1n) is 2.01. The molecule has 0 amide bonds. The molecule has 0 fully saturated rings. The summed E-state index contributed by atoms with van der Waals surface area (Å²) in [5.41, 5.74) is 0. The van der Waals surface area contributed by atoms with E-state index in [-0.39, 0.29) is 12.4 Å². The van der Waals surface area contributed by atoms with Crippen molar-refractivity contribution in [2.75, 3.05) is 0 Å². The monoisotopic (exact) mass is 122 g/mol. The molecule has 0 unspecified atom stereocenters. The summed E-state index contributed by atoms with van der Waals surface area (Å²) < 4.78 is 0. The van der Waals surface area contributed by atoms with Crippen molar-refractivity contribution in [3.05, 3.63) is 0 Å². The predicted molar refractivity (Wildman–Crippen MR) is 29.9 cm³/mol. The van der Waals surface area contributed by atoms with Crippen molar-refractivity contribution in [2.24, 2.45) is 0 Å². The lowest BCUT2D eigenvalue weighted by atomic mass is 10.3. The lowest BCUT2D eigenvalue weighted by Crippen LogP contribution is -2.13. The molecule has 0 aromatic carbocycles. The number of nitrogens with one attached hydrogen (secondary N) is 1. The molecule has 0 bridgehead atoms. The lowest BCUT2D eigenvalue weighted by molar-refractivity contribution is -0.220. The van der Waals surface area contributed by atoms with Crippen LogP contribution < -0.4 is 5.11 Å². The van der Waals surface area contributed by atoms with Gasteiger partial charge in [-0.1, -0.05) is 13.3 Å². The highest BCUT2D eigenvalue weighted by Gasteiger charge is 1.71. The van der Waals surface area contributed by atoms with Gasteiger partial charge in [-0.05, 0) is 12.3 Å². The predicted octanol–water partition coefficient (Wildman–Crippen LogP) is 0.546. The molecule has 7 heavy (non-hydrogen) atoms. The van der Waals surface area contributed by atoms with E-state index in [0.29, 0.717) is 6.42 Å². The second-order valence-electron chi connectivity index (χ2n) is 1.17. The van der Waals surface area contributed by atoms with Crippen molar-refractivity contribution in [1.29, 1.82) is 5.41 Å². The van der Waals surface area contributed by atoms with Crippen molar-refractivity contribution >= 4 is 18.3 Å². The van der Waals surface area contributed by atoms with Crippen LogP contribution in [0.1, 0.15) is 19.8 Å². The van der Waals surface area contributed by atoms with Crippen LogP contribution in [0.4, 0.5) is 0 Å². The fraction of sp³-hybridized carbons (Fsp3) is 0.750. The largest absolute Gasteiger partial charge is 0.862 e. The third-order valence-electron chi connectivity index (χ3n) is 0.477. The molecular weight excluding hydrogens is 114 g/mol. The quantitative estimate of drug-likeness (QED) is 0.422. The summed E-state index contributed by atoms with van der Waals surface area (Å²) in [7, 11) is 0. The van der Waals surface area contributed by atoms with Gasteiger partial charge in [-0.3, -0.25) is 0 Å². The van der Waals surface area contributed by atoms with E-state index in [1.807, 2.05) is 6.92 Å². The Hall–Kier alpha value is -0.240. The fourth-order valence-electron chi connectivity index (χ4n) is 0.227. The van der Waals surface area contributed by atoms with Crippen LogP contribution >= 0.6 is 12.4 Å². The summed E-state index contributed by atoms with van der Waals surface area (Å²) in [5.74, 6) is -0.461. The van der Waals surface area contributed by atoms with Crippen LogP contribution in [0.15, 0.2) is 0 Å². The second-order valence-corrected chi connectivity index (χ2v) is 1.17. The molecule has 0 aromatic heterocycles. The average molecular weight is 123 g/mol. The Morgan fingerprint density at radius 1 is 1.71 bits per heavy atom. The first kappa shape index (κ1) is 9.90. The third kappa shape index (κ3) is 10.7. The topological polar surface area (TPSA) is 46.9 Å². The second kappa shape index (κ2) is 5.76. The molecule has 2 nitrogen and oxygen atoms in total. The van der Waals surface area contributed by atoms with Crippen LogP contribution in [0.3, 0.4) is 0 Å².